The number of benzene rings is 1. The summed E-state index contributed by atoms with van der Waals surface area (Å²) in [5.74, 6) is 0.433. The van der Waals surface area contributed by atoms with E-state index in [9.17, 15) is 0 Å². The predicted octanol–water partition coefficient (Wildman–Crippen LogP) is 2.93. The van der Waals surface area contributed by atoms with Gasteiger partial charge in [0.2, 0.25) is 0 Å². The number of nitrogens with one attached hydrogen (secondary N) is 1. The van der Waals surface area contributed by atoms with E-state index in [0.29, 0.717) is 16.6 Å². The fourth-order valence-corrected chi connectivity index (χ4v) is 1.96. The van der Waals surface area contributed by atoms with Crippen LogP contribution in [0.5, 0.6) is 0 Å². The first-order valence-corrected chi connectivity index (χ1v) is 6.62. The molecule has 1 aromatic carbocycles. The minimum absolute atomic E-state index is 0.319. The van der Waals surface area contributed by atoms with Gasteiger partial charge in [0.05, 0.1) is 5.69 Å². The van der Waals surface area contributed by atoms with Gasteiger partial charge in [-0.15, -0.1) is 0 Å². The minimum Gasteiger partial charge on any atom is -0.388 e. The smallest absolute Gasteiger partial charge is 0.122 e. The second-order valence-corrected chi connectivity index (χ2v) is 4.93. The van der Waals surface area contributed by atoms with Gasteiger partial charge in [0.25, 0.3) is 0 Å². The molecule has 3 nitrogen and oxygen atoms in total. The second kappa shape index (κ2) is 6.29. The molecule has 0 fully saturated rings. The molecular formula is C15H17N3S. The molecule has 0 radical (unpaired) electrons. The molecule has 0 bridgehead atoms. The van der Waals surface area contributed by atoms with Crippen LogP contribution in [0.4, 0.5) is 5.69 Å². The van der Waals surface area contributed by atoms with Gasteiger partial charge in [-0.3, -0.25) is 4.98 Å². The number of thiocarbonyl (C=S) groups is 1. The fraction of sp³-hybridized carbons (Fsp3) is 0.200. The molecule has 1 aromatic heterocycles. The largest absolute Gasteiger partial charge is 0.388 e. The van der Waals surface area contributed by atoms with Crippen molar-refractivity contribution in [1.29, 1.82) is 0 Å². The van der Waals surface area contributed by atoms with E-state index in [2.05, 4.69) is 41.5 Å². The van der Waals surface area contributed by atoms with E-state index >= 15 is 0 Å². The van der Waals surface area contributed by atoms with Crippen molar-refractivity contribution in [1.82, 2.24) is 4.98 Å². The van der Waals surface area contributed by atoms with Crippen LogP contribution in [0.3, 0.4) is 0 Å². The normalized spacial score (nSPS) is 11.8. The third kappa shape index (κ3) is 3.76. The Morgan fingerprint density at radius 1 is 1.32 bits per heavy atom. The summed E-state index contributed by atoms with van der Waals surface area (Å²) in [7, 11) is 0. The lowest BCUT2D eigenvalue weighted by atomic mass is 10.0. The van der Waals surface area contributed by atoms with E-state index in [0.717, 1.165) is 12.2 Å². The standard InChI is InChI=1S/C15H17N3S/c1-11(12-5-3-2-4-6-12)10-18-13-7-8-17-14(9-13)15(16)19/h2-9,11H,10H2,1H3,(H2,16,19)(H,17,18). The third-order valence-corrected chi connectivity index (χ3v) is 3.20. The van der Waals surface area contributed by atoms with Gasteiger partial charge >= 0.3 is 0 Å². The van der Waals surface area contributed by atoms with E-state index in [-0.39, 0.29) is 0 Å². The number of anilines is 1. The van der Waals surface area contributed by atoms with Crippen molar-refractivity contribution in [3.8, 4) is 0 Å². The highest BCUT2D eigenvalue weighted by atomic mass is 32.1. The van der Waals surface area contributed by atoms with Crippen molar-refractivity contribution >= 4 is 22.9 Å². The molecule has 0 saturated carbocycles. The van der Waals surface area contributed by atoms with Crippen LogP contribution in [-0.2, 0) is 0 Å². The summed E-state index contributed by atoms with van der Waals surface area (Å²) in [5.41, 5.74) is 8.52. The molecule has 0 saturated heterocycles. The first kappa shape index (κ1) is 13.5. The van der Waals surface area contributed by atoms with Crippen LogP contribution in [0.1, 0.15) is 24.1 Å². The number of pyridine rings is 1. The molecule has 0 amide bonds. The zero-order valence-corrected chi connectivity index (χ0v) is 11.7. The Bertz CT molecular complexity index is 554. The van der Waals surface area contributed by atoms with E-state index in [1.165, 1.54) is 5.56 Å². The monoisotopic (exact) mass is 271 g/mol. The summed E-state index contributed by atoms with van der Waals surface area (Å²) in [4.78, 5) is 4.44. The molecule has 0 spiro atoms. The van der Waals surface area contributed by atoms with Crippen molar-refractivity contribution in [2.45, 2.75) is 12.8 Å². The molecule has 2 aromatic rings. The summed E-state index contributed by atoms with van der Waals surface area (Å²) < 4.78 is 0. The van der Waals surface area contributed by atoms with Crippen molar-refractivity contribution in [3.63, 3.8) is 0 Å². The molecule has 0 aliphatic carbocycles. The first-order valence-electron chi connectivity index (χ1n) is 6.21. The molecule has 98 valence electrons. The number of nitrogens with zero attached hydrogens (tertiary/aromatic N) is 1. The molecular weight excluding hydrogens is 254 g/mol. The third-order valence-electron chi connectivity index (χ3n) is 2.99. The highest BCUT2D eigenvalue weighted by Gasteiger charge is 2.05. The van der Waals surface area contributed by atoms with Crippen molar-refractivity contribution in [2.75, 3.05) is 11.9 Å². The Balaban J connectivity index is 1.99. The Morgan fingerprint density at radius 3 is 2.74 bits per heavy atom. The molecule has 1 atom stereocenters. The quantitative estimate of drug-likeness (QED) is 0.821. The van der Waals surface area contributed by atoms with Crippen LogP contribution < -0.4 is 11.1 Å². The topological polar surface area (TPSA) is 50.9 Å². The number of nitrogens with two attached hydrogens (primary N) is 1. The van der Waals surface area contributed by atoms with Crippen LogP contribution in [0.2, 0.25) is 0 Å². The van der Waals surface area contributed by atoms with Gasteiger partial charge in [0.15, 0.2) is 0 Å². The highest BCUT2D eigenvalue weighted by molar-refractivity contribution is 7.80. The number of rotatable bonds is 5. The van der Waals surface area contributed by atoms with Crippen LogP contribution in [0.25, 0.3) is 0 Å². The molecule has 1 unspecified atom stereocenters. The van der Waals surface area contributed by atoms with Crippen molar-refractivity contribution in [2.24, 2.45) is 5.73 Å². The maximum atomic E-state index is 5.57. The van der Waals surface area contributed by atoms with Crippen molar-refractivity contribution < 1.29 is 0 Å². The summed E-state index contributed by atoms with van der Waals surface area (Å²) in [6.45, 7) is 3.04. The van der Waals surface area contributed by atoms with Gasteiger partial charge in [0, 0.05) is 18.4 Å². The average molecular weight is 271 g/mol. The first-order chi connectivity index (χ1) is 9.16. The van der Waals surface area contributed by atoms with E-state index < -0.39 is 0 Å². The van der Waals surface area contributed by atoms with Crippen LogP contribution in [0.15, 0.2) is 48.7 Å². The zero-order valence-electron chi connectivity index (χ0n) is 10.8. The Morgan fingerprint density at radius 2 is 2.05 bits per heavy atom. The highest BCUT2D eigenvalue weighted by Crippen LogP contribution is 2.16. The Kier molecular flexibility index (Phi) is 4.47. The molecule has 4 heteroatoms. The van der Waals surface area contributed by atoms with Gasteiger partial charge < -0.3 is 11.1 Å². The number of hydrogen-bond donors (Lipinski definition) is 2. The van der Waals surface area contributed by atoms with Crippen molar-refractivity contribution in [3.05, 3.63) is 59.9 Å². The second-order valence-electron chi connectivity index (χ2n) is 4.49. The zero-order chi connectivity index (χ0) is 13.7. The lowest BCUT2D eigenvalue weighted by Crippen LogP contribution is -2.13. The van der Waals surface area contributed by atoms with E-state index in [1.807, 2.05) is 18.2 Å². The van der Waals surface area contributed by atoms with Gasteiger partial charge in [-0.2, -0.15) is 0 Å². The van der Waals surface area contributed by atoms with Gasteiger partial charge in [-0.05, 0) is 23.6 Å². The molecule has 1 heterocycles. The predicted molar refractivity (Wildman–Crippen MR) is 83.5 cm³/mol. The number of aromatic nitrogens is 1. The lowest BCUT2D eigenvalue weighted by molar-refractivity contribution is 0.805. The SMILES string of the molecule is CC(CNc1ccnc(C(N)=S)c1)c1ccccc1. The van der Waals surface area contributed by atoms with E-state index in [1.54, 1.807) is 6.20 Å². The van der Waals surface area contributed by atoms with E-state index in [4.69, 9.17) is 18.0 Å². The Hall–Kier alpha value is -1.94. The molecule has 2 rings (SSSR count). The Labute approximate surface area is 118 Å². The summed E-state index contributed by atoms with van der Waals surface area (Å²) in [6, 6.07) is 14.2. The van der Waals surface area contributed by atoms with Gasteiger partial charge in [0.1, 0.15) is 4.99 Å². The summed E-state index contributed by atoms with van der Waals surface area (Å²) in [6.07, 6.45) is 1.71. The van der Waals surface area contributed by atoms with Crippen LogP contribution in [-0.4, -0.2) is 16.5 Å². The maximum absolute atomic E-state index is 5.57. The molecule has 0 aliphatic heterocycles. The molecule has 0 aliphatic rings. The maximum Gasteiger partial charge on any atom is 0.122 e. The molecule has 19 heavy (non-hydrogen) atoms. The summed E-state index contributed by atoms with van der Waals surface area (Å²) in [5, 5.41) is 3.38. The average Bonchev–Trinajstić information content (AvgIpc) is 2.46. The fourth-order valence-electron chi connectivity index (χ4n) is 1.85. The van der Waals surface area contributed by atoms with Crippen LogP contribution in [0, 0.1) is 0 Å². The minimum atomic E-state index is 0.319. The van der Waals surface area contributed by atoms with Gasteiger partial charge in [-0.1, -0.05) is 49.5 Å². The lowest BCUT2D eigenvalue weighted by Gasteiger charge is -2.14. The van der Waals surface area contributed by atoms with Gasteiger partial charge in [-0.25, -0.2) is 0 Å². The summed E-state index contributed by atoms with van der Waals surface area (Å²) >= 11 is 4.92. The number of hydrogen-bond acceptors (Lipinski definition) is 3. The van der Waals surface area contributed by atoms with Crippen LogP contribution >= 0.6 is 12.2 Å². The molecule has 3 N–H and O–H groups in total.